The number of hydrogen-bond acceptors (Lipinski definition) is 10. The molecule has 0 amide bonds. The van der Waals surface area contributed by atoms with Crippen molar-refractivity contribution < 1.29 is 96.0 Å². The van der Waals surface area contributed by atoms with Crippen molar-refractivity contribution in [1.29, 1.82) is 0 Å². The van der Waals surface area contributed by atoms with E-state index in [1.807, 2.05) is 20.8 Å². The standard InChI is InChI=1S/C11H20O2.C10H5F11O2.C9H3Br5O2.C9H3Cl5O2.C8H14O2/c1-4-11(12)13-9-7-5-6-8-10(2)3;1-2-4(22)23-3-5(11)6(12,13)8(16,17)10(20,21)9(18,19)7(5,14)15;2*1-2-3(15)16-9-7(13)5(11)4(10)6(12)8(9)14;1-5-7(9)10-6-8(2,3)4/h4,10H,1,5-9H2,2-3H3;2H,1,3H2;2*2H,1H2;5H,1,6H2,2-4H3. The maximum Gasteiger partial charge on any atom is 0.384 e. The lowest BCUT2D eigenvalue weighted by molar-refractivity contribution is -0.487. The van der Waals surface area contributed by atoms with Gasteiger partial charge in [-0.15, -0.1) is 0 Å². The molecule has 0 aromatic heterocycles. The molecule has 0 heterocycles. The van der Waals surface area contributed by atoms with Gasteiger partial charge in [-0.25, -0.2) is 28.4 Å². The molecule has 440 valence electrons. The third-order valence-electron chi connectivity index (χ3n) is 8.88. The second-order valence-corrected chi connectivity index (χ2v) is 22.4. The molecule has 78 heavy (non-hydrogen) atoms. The average molecular weight is 1560 g/mol. The van der Waals surface area contributed by atoms with E-state index in [4.69, 9.17) is 77.0 Å². The van der Waals surface area contributed by atoms with Crippen molar-refractivity contribution in [1.82, 2.24) is 0 Å². The normalized spacial score (nSPS) is 15.6. The van der Waals surface area contributed by atoms with Crippen LogP contribution in [-0.2, 0) is 38.2 Å². The van der Waals surface area contributed by atoms with Crippen molar-refractivity contribution in [3.8, 4) is 11.5 Å². The van der Waals surface area contributed by atoms with Gasteiger partial charge in [-0.1, -0.05) is 145 Å². The zero-order chi connectivity index (χ0) is 61.9. The summed E-state index contributed by atoms with van der Waals surface area (Å²) in [6, 6.07) is 0. The molecule has 0 aliphatic heterocycles. The molecular formula is C47H45Br5Cl5F11O10. The van der Waals surface area contributed by atoms with E-state index in [-0.39, 0.29) is 54.3 Å². The van der Waals surface area contributed by atoms with Gasteiger partial charge in [-0.05, 0) is 97.4 Å². The summed E-state index contributed by atoms with van der Waals surface area (Å²) in [5, 5.41) is -0.251. The van der Waals surface area contributed by atoms with Gasteiger partial charge in [-0.2, -0.15) is 43.9 Å². The second kappa shape index (κ2) is 33.0. The molecule has 0 atom stereocenters. The zero-order valence-corrected chi connectivity index (χ0v) is 52.7. The molecule has 2 aromatic carbocycles. The van der Waals surface area contributed by atoms with Crippen LogP contribution < -0.4 is 9.47 Å². The molecule has 1 aliphatic carbocycles. The van der Waals surface area contributed by atoms with Gasteiger partial charge in [0.2, 0.25) is 0 Å². The van der Waals surface area contributed by atoms with Crippen LogP contribution in [0.15, 0.2) is 85.6 Å². The van der Waals surface area contributed by atoms with Crippen molar-refractivity contribution in [3.05, 3.63) is 111 Å². The monoisotopic (exact) mass is 1550 g/mol. The van der Waals surface area contributed by atoms with Gasteiger partial charge < -0.3 is 23.7 Å². The van der Waals surface area contributed by atoms with Crippen molar-refractivity contribution in [2.45, 2.75) is 95.6 Å². The van der Waals surface area contributed by atoms with Gasteiger partial charge in [0.1, 0.15) is 16.7 Å². The number of rotatable bonds is 16. The lowest BCUT2D eigenvalue weighted by Crippen LogP contribution is -2.84. The number of unbranched alkanes of at least 4 members (excludes halogenated alkanes) is 2. The van der Waals surface area contributed by atoms with Crippen LogP contribution >= 0.6 is 138 Å². The first-order valence-corrected chi connectivity index (χ1v) is 26.9. The lowest BCUT2D eigenvalue weighted by atomic mass is 9.72. The van der Waals surface area contributed by atoms with Crippen molar-refractivity contribution in [2.75, 3.05) is 19.8 Å². The summed E-state index contributed by atoms with van der Waals surface area (Å²) in [5.74, 6) is -38.6. The summed E-state index contributed by atoms with van der Waals surface area (Å²) in [7, 11) is 0. The molecule has 1 saturated carbocycles. The predicted molar refractivity (Wildman–Crippen MR) is 293 cm³/mol. The van der Waals surface area contributed by atoms with E-state index >= 15 is 0 Å². The van der Waals surface area contributed by atoms with Crippen LogP contribution in [0.4, 0.5) is 48.3 Å². The van der Waals surface area contributed by atoms with E-state index in [1.165, 1.54) is 25.0 Å². The largest absolute Gasteiger partial charge is 0.463 e. The Balaban J connectivity index is 0. The van der Waals surface area contributed by atoms with Crippen LogP contribution in [-0.4, -0.2) is 84.9 Å². The Kier molecular flexibility index (Phi) is 32.9. The topological polar surface area (TPSA) is 132 Å². The summed E-state index contributed by atoms with van der Waals surface area (Å²) in [6.45, 7) is 24.2. The van der Waals surface area contributed by atoms with Crippen LogP contribution in [0.2, 0.25) is 25.1 Å². The molecule has 0 bridgehead atoms. The first-order valence-electron chi connectivity index (χ1n) is 21.0. The van der Waals surface area contributed by atoms with Gasteiger partial charge in [0, 0.05) is 34.9 Å². The number of halogens is 21. The predicted octanol–water partition coefficient (Wildman–Crippen LogP) is 18.9. The molecule has 10 nitrogen and oxygen atoms in total. The summed E-state index contributed by atoms with van der Waals surface area (Å²) in [4.78, 5) is 53.9. The van der Waals surface area contributed by atoms with E-state index < -0.39 is 59.8 Å². The molecular weight excluding hydrogens is 1510 g/mol. The number of alkyl halides is 11. The fourth-order valence-electron chi connectivity index (χ4n) is 4.74. The molecule has 0 unspecified atom stereocenters. The minimum absolute atomic E-state index is 0.00302. The number of benzene rings is 2. The van der Waals surface area contributed by atoms with Gasteiger partial charge in [0.15, 0.2) is 11.5 Å². The van der Waals surface area contributed by atoms with Crippen LogP contribution in [0.5, 0.6) is 11.5 Å². The van der Waals surface area contributed by atoms with E-state index in [0.29, 0.717) is 27.9 Å². The van der Waals surface area contributed by atoms with Gasteiger partial charge in [0.25, 0.3) is 5.67 Å². The molecule has 1 aliphatic rings. The van der Waals surface area contributed by atoms with E-state index in [9.17, 15) is 72.3 Å². The summed E-state index contributed by atoms with van der Waals surface area (Å²) >= 11 is 45.7. The quantitative estimate of drug-likeness (QED) is 0.0234. The average Bonchev–Trinajstić information content (AvgIpc) is 3.37. The van der Waals surface area contributed by atoms with Crippen molar-refractivity contribution >= 4 is 168 Å². The van der Waals surface area contributed by atoms with Gasteiger partial charge >= 0.3 is 59.5 Å². The SMILES string of the molecule is C=CC(=O)OCC(C)(C)C.C=CC(=O)OCC1(F)C(F)(F)C(F)(F)C(F)(F)C(F)(F)C1(F)F.C=CC(=O)OCCCCCC(C)C.C=CC(=O)Oc1c(Br)c(Br)c(Br)c(Br)c1Br.C=CC(=O)Oc1c(Cl)c(Cl)c(Cl)c(Cl)c1Cl. The highest BCUT2D eigenvalue weighted by Crippen LogP contribution is 2.69. The van der Waals surface area contributed by atoms with Crippen molar-refractivity contribution in [3.63, 3.8) is 0 Å². The van der Waals surface area contributed by atoms with Crippen LogP contribution in [0.1, 0.15) is 60.3 Å². The first-order chi connectivity index (χ1) is 35.4. The highest BCUT2D eigenvalue weighted by atomic mass is 79.9. The van der Waals surface area contributed by atoms with Crippen LogP contribution in [0.25, 0.3) is 0 Å². The van der Waals surface area contributed by atoms with Gasteiger partial charge in [-0.3, -0.25) is 0 Å². The lowest BCUT2D eigenvalue weighted by Gasteiger charge is -2.52. The van der Waals surface area contributed by atoms with Crippen LogP contribution in [0.3, 0.4) is 0 Å². The molecule has 3 rings (SSSR count). The number of ether oxygens (including phenoxy) is 5. The highest BCUT2D eigenvalue weighted by molar-refractivity contribution is 9.15. The molecule has 0 radical (unpaired) electrons. The fourth-order valence-corrected chi connectivity index (χ4v) is 9.11. The summed E-state index contributed by atoms with van der Waals surface area (Å²) in [5.41, 5.74) is -6.27. The first kappa shape index (κ1) is 77.6. The number of carbonyl (C=O) groups excluding carboxylic acids is 5. The van der Waals surface area contributed by atoms with Crippen LogP contribution in [0, 0.1) is 11.3 Å². The van der Waals surface area contributed by atoms with E-state index in [0.717, 1.165) is 44.3 Å². The number of hydrogen-bond donors (Lipinski definition) is 0. The zero-order valence-electron chi connectivity index (χ0n) is 41.0. The van der Waals surface area contributed by atoms with Gasteiger partial charge in [0.05, 0.1) is 46.2 Å². The van der Waals surface area contributed by atoms with E-state index in [2.05, 4.69) is 131 Å². The Bertz CT molecular complexity index is 2360. The number of esters is 5. The summed E-state index contributed by atoms with van der Waals surface area (Å²) in [6.07, 6.45) is 9.09. The van der Waals surface area contributed by atoms with E-state index in [1.54, 1.807) is 0 Å². The Morgan fingerprint density at radius 1 is 0.474 bits per heavy atom. The number of carbonyl (C=O) groups is 5. The van der Waals surface area contributed by atoms with Crippen molar-refractivity contribution in [2.24, 2.45) is 11.3 Å². The molecule has 31 heteroatoms. The fraction of sp³-hybridized carbons (Fsp3) is 0.426. The minimum Gasteiger partial charge on any atom is -0.463 e. The Hall–Kier alpha value is -2.43. The summed E-state index contributed by atoms with van der Waals surface area (Å²) < 4.78 is 171. The molecule has 0 N–H and O–H groups in total. The third-order valence-corrected chi connectivity index (χ3v) is 17.1. The Morgan fingerprint density at radius 3 is 1.15 bits per heavy atom. The minimum atomic E-state index is -7.29. The second-order valence-electron chi connectivity index (χ2n) is 16.5. The smallest absolute Gasteiger partial charge is 0.384 e. The molecule has 2 aromatic rings. The highest BCUT2D eigenvalue weighted by Gasteiger charge is 3.01. The molecule has 0 saturated heterocycles. The molecule has 1 fully saturated rings. The Morgan fingerprint density at radius 2 is 0.795 bits per heavy atom. The molecule has 0 spiro atoms. The Labute approximate surface area is 508 Å². The maximum absolute atomic E-state index is 13.9. The third kappa shape index (κ3) is 20.2. The maximum atomic E-state index is 13.9.